The lowest BCUT2D eigenvalue weighted by Gasteiger charge is -2.36. The minimum absolute atomic E-state index is 0.103. The second-order valence-electron chi connectivity index (χ2n) is 8.63. The zero-order valence-electron chi connectivity index (χ0n) is 19.2. The van der Waals surface area contributed by atoms with E-state index in [9.17, 15) is 17.6 Å². The standard InChI is InChI=1S/C24H31FN4O3S/c1-3-27-12-14-28(15-13-27)22-9-7-20(16-18(22)2)26-24(30)19-6-8-21(25)23(17-19)33(31,32)29-10-4-5-11-29/h6-9,16-17H,3-5,10-15H2,1-2H3,(H,26,30). The Bertz CT molecular complexity index is 1120. The van der Waals surface area contributed by atoms with Gasteiger partial charge in [-0.3, -0.25) is 4.79 Å². The smallest absolute Gasteiger partial charge is 0.255 e. The first-order chi connectivity index (χ1) is 15.8. The molecule has 4 rings (SSSR count). The number of nitrogens with one attached hydrogen (secondary N) is 1. The first-order valence-electron chi connectivity index (χ1n) is 11.5. The van der Waals surface area contributed by atoms with Crippen LogP contribution in [0.15, 0.2) is 41.3 Å². The molecule has 0 aliphatic carbocycles. The van der Waals surface area contributed by atoms with Crippen molar-refractivity contribution in [1.29, 1.82) is 0 Å². The van der Waals surface area contributed by atoms with Crippen molar-refractivity contribution in [3.63, 3.8) is 0 Å². The lowest BCUT2D eigenvalue weighted by atomic mass is 10.1. The SMILES string of the molecule is CCN1CCN(c2ccc(NC(=O)c3ccc(F)c(S(=O)(=O)N4CCCC4)c3)cc2C)CC1. The zero-order valence-corrected chi connectivity index (χ0v) is 20.0. The molecule has 2 aromatic carbocycles. The third-order valence-corrected chi connectivity index (χ3v) is 8.40. The Balaban J connectivity index is 1.49. The van der Waals surface area contributed by atoms with Crippen LogP contribution in [0.25, 0.3) is 0 Å². The van der Waals surface area contributed by atoms with Crippen LogP contribution in [-0.4, -0.2) is 69.3 Å². The van der Waals surface area contributed by atoms with Gasteiger partial charge in [-0.1, -0.05) is 6.92 Å². The molecule has 0 unspecified atom stereocenters. The third kappa shape index (κ3) is 5.05. The number of hydrogen-bond donors (Lipinski definition) is 1. The van der Waals surface area contributed by atoms with Gasteiger partial charge in [0.1, 0.15) is 10.7 Å². The number of amides is 1. The number of sulfonamides is 1. The predicted octanol–water partition coefficient (Wildman–Crippen LogP) is 3.31. The van der Waals surface area contributed by atoms with Crippen LogP contribution in [0.3, 0.4) is 0 Å². The van der Waals surface area contributed by atoms with Crippen molar-refractivity contribution in [1.82, 2.24) is 9.21 Å². The fourth-order valence-electron chi connectivity index (χ4n) is 4.51. The van der Waals surface area contributed by atoms with Crippen molar-refractivity contribution >= 4 is 27.3 Å². The number of benzene rings is 2. The molecule has 7 nitrogen and oxygen atoms in total. The van der Waals surface area contributed by atoms with E-state index in [2.05, 4.69) is 22.0 Å². The van der Waals surface area contributed by atoms with Crippen molar-refractivity contribution in [2.24, 2.45) is 0 Å². The van der Waals surface area contributed by atoms with E-state index >= 15 is 0 Å². The molecule has 0 saturated carbocycles. The number of piperazine rings is 1. The van der Waals surface area contributed by atoms with Crippen LogP contribution in [0, 0.1) is 12.7 Å². The first-order valence-corrected chi connectivity index (χ1v) is 12.9. The van der Waals surface area contributed by atoms with Gasteiger partial charge in [0.05, 0.1) is 0 Å². The Morgan fingerprint density at radius 3 is 2.33 bits per heavy atom. The quantitative estimate of drug-likeness (QED) is 0.696. The molecule has 1 N–H and O–H groups in total. The highest BCUT2D eigenvalue weighted by Gasteiger charge is 2.30. The molecule has 2 aliphatic rings. The van der Waals surface area contributed by atoms with Gasteiger partial charge in [-0.2, -0.15) is 4.31 Å². The molecule has 178 valence electrons. The van der Waals surface area contributed by atoms with Gasteiger partial charge in [-0.05, 0) is 68.3 Å². The van der Waals surface area contributed by atoms with Gasteiger partial charge in [0, 0.05) is 56.2 Å². The fraction of sp³-hybridized carbons (Fsp3) is 0.458. The van der Waals surface area contributed by atoms with E-state index in [1.807, 2.05) is 25.1 Å². The Morgan fingerprint density at radius 2 is 1.70 bits per heavy atom. The molecule has 9 heteroatoms. The molecule has 1 amide bonds. The minimum atomic E-state index is -3.96. The number of carbonyl (C=O) groups excluding carboxylic acids is 1. The van der Waals surface area contributed by atoms with E-state index in [1.54, 1.807) is 0 Å². The van der Waals surface area contributed by atoms with Gasteiger partial charge < -0.3 is 15.1 Å². The average molecular weight is 475 g/mol. The van der Waals surface area contributed by atoms with E-state index in [0.29, 0.717) is 18.8 Å². The van der Waals surface area contributed by atoms with Crippen LogP contribution < -0.4 is 10.2 Å². The number of halogens is 1. The summed E-state index contributed by atoms with van der Waals surface area (Å²) in [5.41, 5.74) is 2.91. The summed E-state index contributed by atoms with van der Waals surface area (Å²) in [7, 11) is -3.96. The summed E-state index contributed by atoms with van der Waals surface area (Å²) < 4.78 is 41.3. The maximum Gasteiger partial charge on any atom is 0.255 e. The van der Waals surface area contributed by atoms with Crippen molar-refractivity contribution in [3.8, 4) is 0 Å². The van der Waals surface area contributed by atoms with Crippen molar-refractivity contribution in [3.05, 3.63) is 53.3 Å². The monoisotopic (exact) mass is 474 g/mol. The number of aryl methyl sites for hydroxylation is 1. The first kappa shape index (κ1) is 23.7. The molecule has 2 fully saturated rings. The summed E-state index contributed by atoms with van der Waals surface area (Å²) in [6.07, 6.45) is 1.51. The summed E-state index contributed by atoms with van der Waals surface area (Å²) >= 11 is 0. The maximum atomic E-state index is 14.4. The number of anilines is 2. The second kappa shape index (κ2) is 9.79. The molecule has 0 radical (unpaired) electrons. The molecule has 2 aromatic rings. The summed E-state index contributed by atoms with van der Waals surface area (Å²) in [6.45, 7) is 9.97. The van der Waals surface area contributed by atoms with Gasteiger partial charge >= 0.3 is 0 Å². The van der Waals surface area contributed by atoms with E-state index in [0.717, 1.165) is 68.9 Å². The van der Waals surface area contributed by atoms with E-state index in [-0.39, 0.29) is 5.56 Å². The summed E-state index contributed by atoms with van der Waals surface area (Å²) in [5.74, 6) is -1.32. The van der Waals surface area contributed by atoms with Crippen LogP contribution in [0.2, 0.25) is 0 Å². The van der Waals surface area contributed by atoms with Gasteiger partial charge in [-0.15, -0.1) is 0 Å². The number of carbonyl (C=O) groups is 1. The Morgan fingerprint density at radius 1 is 1.00 bits per heavy atom. The number of likely N-dealkylation sites (N-methyl/N-ethyl adjacent to an activating group) is 1. The highest BCUT2D eigenvalue weighted by atomic mass is 32.2. The lowest BCUT2D eigenvalue weighted by molar-refractivity contribution is 0.102. The third-order valence-electron chi connectivity index (χ3n) is 6.49. The molecular formula is C24H31FN4O3S. The fourth-order valence-corrected chi connectivity index (χ4v) is 6.11. The number of rotatable bonds is 6. The number of hydrogen-bond acceptors (Lipinski definition) is 5. The molecule has 0 aromatic heterocycles. The molecule has 0 spiro atoms. The Hall–Kier alpha value is -2.49. The number of nitrogens with zero attached hydrogens (tertiary/aromatic N) is 3. The van der Waals surface area contributed by atoms with Crippen molar-refractivity contribution < 1.29 is 17.6 Å². The van der Waals surface area contributed by atoms with Crippen LogP contribution >= 0.6 is 0 Å². The Kier molecular flexibility index (Phi) is 7.02. The van der Waals surface area contributed by atoms with Crippen molar-refractivity contribution in [2.45, 2.75) is 31.6 Å². The normalized spacial score (nSPS) is 18.0. The van der Waals surface area contributed by atoms with Gasteiger partial charge in [0.2, 0.25) is 10.0 Å². The molecular weight excluding hydrogens is 443 g/mol. The predicted molar refractivity (Wildman–Crippen MR) is 128 cm³/mol. The molecule has 33 heavy (non-hydrogen) atoms. The molecule has 0 atom stereocenters. The highest BCUT2D eigenvalue weighted by Crippen LogP contribution is 2.27. The van der Waals surface area contributed by atoms with Crippen molar-refractivity contribution in [2.75, 3.05) is 56.0 Å². The molecule has 2 saturated heterocycles. The van der Waals surface area contributed by atoms with Crippen LogP contribution in [0.5, 0.6) is 0 Å². The zero-order chi connectivity index (χ0) is 23.6. The van der Waals surface area contributed by atoms with E-state index in [1.165, 1.54) is 10.4 Å². The minimum Gasteiger partial charge on any atom is -0.369 e. The van der Waals surface area contributed by atoms with Crippen LogP contribution in [-0.2, 0) is 10.0 Å². The molecule has 2 aliphatic heterocycles. The molecule has 0 bridgehead atoms. The molecule has 2 heterocycles. The van der Waals surface area contributed by atoms with Crippen LogP contribution in [0.4, 0.5) is 15.8 Å². The second-order valence-corrected chi connectivity index (χ2v) is 10.5. The van der Waals surface area contributed by atoms with Gasteiger partial charge in [0.15, 0.2) is 0 Å². The lowest BCUT2D eigenvalue weighted by Crippen LogP contribution is -2.46. The summed E-state index contributed by atoms with van der Waals surface area (Å²) in [5, 5.41) is 2.82. The van der Waals surface area contributed by atoms with Gasteiger partial charge in [0.25, 0.3) is 5.91 Å². The summed E-state index contributed by atoms with van der Waals surface area (Å²) in [4.78, 5) is 17.2. The van der Waals surface area contributed by atoms with Crippen LogP contribution in [0.1, 0.15) is 35.7 Å². The largest absolute Gasteiger partial charge is 0.369 e. The van der Waals surface area contributed by atoms with Gasteiger partial charge in [-0.25, -0.2) is 12.8 Å². The van der Waals surface area contributed by atoms with E-state index < -0.39 is 26.6 Å². The summed E-state index contributed by atoms with van der Waals surface area (Å²) in [6, 6.07) is 9.24. The van der Waals surface area contributed by atoms with E-state index in [4.69, 9.17) is 0 Å². The topological polar surface area (TPSA) is 73.0 Å². The highest BCUT2D eigenvalue weighted by molar-refractivity contribution is 7.89. The maximum absolute atomic E-state index is 14.4. The average Bonchev–Trinajstić information content (AvgIpc) is 3.35. The Labute approximate surface area is 195 Å².